The van der Waals surface area contributed by atoms with Crippen molar-refractivity contribution in [2.45, 2.75) is 57.8 Å². The van der Waals surface area contributed by atoms with E-state index < -0.39 is 5.41 Å². The Kier molecular flexibility index (Phi) is 7.68. The van der Waals surface area contributed by atoms with Gasteiger partial charge >= 0.3 is 0 Å². The van der Waals surface area contributed by atoms with E-state index in [-0.39, 0.29) is 17.5 Å². The molecule has 4 heterocycles. The van der Waals surface area contributed by atoms with Gasteiger partial charge in [-0.15, -0.1) is 0 Å². The van der Waals surface area contributed by atoms with Crippen LogP contribution < -0.4 is 21.3 Å². The summed E-state index contributed by atoms with van der Waals surface area (Å²) in [4.78, 5) is 2.57. The van der Waals surface area contributed by atoms with Gasteiger partial charge in [-0.2, -0.15) is 0 Å². The molecule has 0 N–H and O–H groups in total. The fourth-order valence-corrected chi connectivity index (χ4v) is 12.5. The first-order valence-electron chi connectivity index (χ1n) is 23.9. The maximum absolute atomic E-state index is 6.80. The minimum Gasteiger partial charge on any atom is -0.456 e. The Morgan fingerprint density at radius 3 is 1.66 bits per heavy atom. The van der Waals surface area contributed by atoms with E-state index in [1.54, 1.807) is 0 Å². The van der Waals surface area contributed by atoms with Gasteiger partial charge in [0.15, 0.2) is 0 Å². The molecule has 0 unspecified atom stereocenters. The number of benzene rings is 9. The molecule has 3 nitrogen and oxygen atoms in total. The van der Waals surface area contributed by atoms with Crippen molar-refractivity contribution in [2.75, 3.05) is 4.90 Å². The maximum Gasteiger partial charge on any atom is 0.247 e. The third-order valence-electron chi connectivity index (χ3n) is 15.6. The molecule has 1 spiro atoms. The topological polar surface area (TPSA) is 21.3 Å². The molecule has 4 heteroatoms. The number of anilines is 3. The van der Waals surface area contributed by atoms with Crippen LogP contribution in [0.2, 0.25) is 0 Å². The Morgan fingerprint density at radius 1 is 0.418 bits per heavy atom. The van der Waals surface area contributed by atoms with Gasteiger partial charge in [0, 0.05) is 50.4 Å². The van der Waals surface area contributed by atoms with E-state index in [0.717, 1.165) is 39.0 Å². The predicted molar refractivity (Wildman–Crippen MR) is 282 cm³/mol. The third kappa shape index (κ3) is 5.13. The van der Waals surface area contributed by atoms with Crippen LogP contribution >= 0.6 is 0 Å². The molecule has 11 aromatic rings. The minimum atomic E-state index is -0.611. The first-order chi connectivity index (χ1) is 32.5. The molecule has 3 aliphatic rings. The molecular weight excluding hydrogens is 812 g/mol. The molecule has 1 aliphatic carbocycles. The van der Waals surface area contributed by atoms with E-state index in [9.17, 15) is 0 Å². The van der Waals surface area contributed by atoms with Crippen molar-refractivity contribution in [1.82, 2.24) is 4.57 Å². The van der Waals surface area contributed by atoms with Gasteiger partial charge in [0.1, 0.15) is 11.2 Å². The van der Waals surface area contributed by atoms with Crippen LogP contribution in [0.15, 0.2) is 192 Å². The van der Waals surface area contributed by atoms with Crippen molar-refractivity contribution in [3.63, 3.8) is 0 Å². The van der Waals surface area contributed by atoms with E-state index in [4.69, 9.17) is 4.42 Å². The zero-order valence-electron chi connectivity index (χ0n) is 38.8. The summed E-state index contributed by atoms with van der Waals surface area (Å²) in [5.74, 6) is 0. The Balaban J connectivity index is 1.20. The van der Waals surface area contributed by atoms with Gasteiger partial charge in [-0.25, -0.2) is 0 Å². The van der Waals surface area contributed by atoms with Gasteiger partial charge in [-0.3, -0.25) is 0 Å². The molecule has 2 aliphatic heterocycles. The van der Waals surface area contributed by atoms with Crippen molar-refractivity contribution in [3.05, 3.63) is 221 Å². The van der Waals surface area contributed by atoms with Crippen molar-refractivity contribution in [2.24, 2.45) is 0 Å². The molecule has 2 aromatic heterocycles. The second kappa shape index (κ2) is 13.3. The van der Waals surface area contributed by atoms with Crippen LogP contribution in [0, 0.1) is 0 Å². The quantitative estimate of drug-likeness (QED) is 0.162. The Labute approximate surface area is 392 Å². The number of rotatable bonds is 2. The van der Waals surface area contributed by atoms with Crippen LogP contribution in [-0.2, 0) is 16.2 Å². The van der Waals surface area contributed by atoms with Crippen molar-refractivity contribution >= 4 is 83.9 Å². The zero-order chi connectivity index (χ0) is 45.1. The highest BCUT2D eigenvalue weighted by molar-refractivity contribution is 6.99. The average Bonchev–Trinajstić information content (AvgIpc) is 3.97. The van der Waals surface area contributed by atoms with E-state index in [1.165, 1.54) is 88.4 Å². The van der Waals surface area contributed by atoms with Gasteiger partial charge in [-0.1, -0.05) is 187 Å². The highest BCUT2D eigenvalue weighted by atomic mass is 16.3. The highest BCUT2D eigenvalue weighted by Gasteiger charge is 2.55. The summed E-state index contributed by atoms with van der Waals surface area (Å²) in [6.07, 6.45) is 0. The molecule has 0 amide bonds. The summed E-state index contributed by atoms with van der Waals surface area (Å²) in [7, 11) is 0. The van der Waals surface area contributed by atoms with Crippen LogP contribution in [0.4, 0.5) is 17.1 Å². The molecule has 0 atom stereocenters. The molecule has 0 saturated heterocycles. The minimum absolute atomic E-state index is 0.00357. The lowest BCUT2D eigenvalue weighted by molar-refractivity contribution is 0.590. The standard InChI is InChI=1S/C63H49BN2O/c1-61(2,3)38-27-30-40(31-28-38)65-56-37-59-47(46-21-11-16-26-58(46)67-59)36-53(56)64-52-33-39(62(4,5)6)29-32-50(52)63(48-22-12-7-17-42(48)43-18-8-13-23-49(43)63)51-34-41(35-57(65)60(51)64)66-54-24-14-9-19-44(54)45-20-10-15-25-55(45)66/h7-37H,1-6H3. The van der Waals surface area contributed by atoms with Gasteiger partial charge in [0.25, 0.3) is 0 Å². The van der Waals surface area contributed by atoms with Gasteiger partial charge in [0.2, 0.25) is 6.71 Å². The summed E-state index contributed by atoms with van der Waals surface area (Å²) in [6.45, 7) is 13.9. The molecule has 0 bridgehead atoms. The monoisotopic (exact) mass is 860 g/mol. The van der Waals surface area contributed by atoms with E-state index in [2.05, 4.69) is 239 Å². The summed E-state index contributed by atoms with van der Waals surface area (Å²) in [5, 5.41) is 4.79. The summed E-state index contributed by atoms with van der Waals surface area (Å²) in [5.41, 5.74) is 22.8. The summed E-state index contributed by atoms with van der Waals surface area (Å²) >= 11 is 0. The number of hydrogen-bond donors (Lipinski definition) is 0. The molecule has 0 saturated carbocycles. The van der Waals surface area contributed by atoms with Crippen LogP contribution in [0.5, 0.6) is 0 Å². The summed E-state index contributed by atoms with van der Waals surface area (Å²) < 4.78 is 9.32. The Hall–Kier alpha value is -7.56. The first kappa shape index (κ1) is 38.7. The van der Waals surface area contributed by atoms with E-state index in [1.807, 2.05) is 0 Å². The largest absolute Gasteiger partial charge is 0.456 e. The lowest BCUT2D eigenvalue weighted by atomic mass is 9.29. The molecule has 0 radical (unpaired) electrons. The number of hydrogen-bond acceptors (Lipinski definition) is 2. The van der Waals surface area contributed by atoms with Crippen LogP contribution in [0.1, 0.15) is 74.9 Å². The fraction of sp³-hybridized carbons (Fsp3) is 0.143. The Morgan fingerprint density at radius 2 is 1.00 bits per heavy atom. The van der Waals surface area contributed by atoms with E-state index in [0.29, 0.717) is 0 Å². The normalized spacial score (nSPS) is 14.5. The lowest BCUT2D eigenvalue weighted by Gasteiger charge is -2.48. The second-order valence-corrected chi connectivity index (χ2v) is 21.3. The van der Waals surface area contributed by atoms with Crippen molar-refractivity contribution in [3.8, 4) is 16.8 Å². The van der Waals surface area contributed by atoms with Crippen LogP contribution in [0.3, 0.4) is 0 Å². The molecule has 14 rings (SSSR count). The number of para-hydroxylation sites is 3. The van der Waals surface area contributed by atoms with Crippen LogP contribution in [-0.4, -0.2) is 11.3 Å². The van der Waals surface area contributed by atoms with Gasteiger partial charge in [-0.05, 0) is 109 Å². The number of aromatic nitrogens is 1. The smallest absolute Gasteiger partial charge is 0.247 e. The van der Waals surface area contributed by atoms with Crippen molar-refractivity contribution < 1.29 is 4.42 Å². The van der Waals surface area contributed by atoms with Gasteiger partial charge in [0.05, 0.1) is 16.4 Å². The number of nitrogens with zero attached hydrogens (tertiary/aromatic N) is 2. The van der Waals surface area contributed by atoms with Crippen molar-refractivity contribution in [1.29, 1.82) is 0 Å². The van der Waals surface area contributed by atoms with Gasteiger partial charge < -0.3 is 13.9 Å². The number of furan rings is 1. The molecular formula is C63H49BN2O. The second-order valence-electron chi connectivity index (χ2n) is 21.3. The third-order valence-corrected chi connectivity index (χ3v) is 15.6. The summed E-state index contributed by atoms with van der Waals surface area (Å²) in [6, 6.07) is 71.6. The first-order valence-corrected chi connectivity index (χ1v) is 23.9. The molecule has 67 heavy (non-hydrogen) atoms. The lowest BCUT2D eigenvalue weighted by Crippen LogP contribution is -2.65. The predicted octanol–water partition coefficient (Wildman–Crippen LogP) is 14.3. The SMILES string of the molecule is CC(C)(C)c1ccc(N2c3cc4oc5ccccc5c4cc3B3c4cc(C(C)(C)C)ccc4C4(c5ccccc5-c5ccccc54)c4cc(-n5c6ccccc6c6ccccc65)cc2c43)cc1. The molecule has 320 valence electrons. The molecule has 9 aromatic carbocycles. The number of fused-ring (bicyclic) bond motifs is 17. The highest BCUT2D eigenvalue weighted by Crippen LogP contribution is 2.58. The van der Waals surface area contributed by atoms with Crippen LogP contribution in [0.25, 0.3) is 60.6 Å². The Bertz CT molecular complexity index is 3810. The maximum atomic E-state index is 6.80. The zero-order valence-corrected chi connectivity index (χ0v) is 38.8. The molecule has 0 fully saturated rings. The average molecular weight is 861 g/mol. The van der Waals surface area contributed by atoms with E-state index >= 15 is 0 Å². The fourth-order valence-electron chi connectivity index (χ4n) is 12.5.